The lowest BCUT2D eigenvalue weighted by Gasteiger charge is -2.21. The van der Waals surface area contributed by atoms with E-state index in [1.807, 2.05) is 37.4 Å². The van der Waals surface area contributed by atoms with Crippen LogP contribution in [0.1, 0.15) is 39.1 Å². The van der Waals surface area contributed by atoms with Crippen LogP contribution in [0, 0.1) is 5.82 Å². The summed E-state index contributed by atoms with van der Waals surface area (Å²) in [6.07, 6.45) is 0. The quantitative estimate of drug-likeness (QED) is 0.471. The highest BCUT2D eigenvalue weighted by molar-refractivity contribution is 7.13. The summed E-state index contributed by atoms with van der Waals surface area (Å²) >= 11 is 1.26. The molecule has 8 heteroatoms. The van der Waals surface area contributed by atoms with Crippen LogP contribution in [0.15, 0.2) is 59.0 Å². The first-order valence-corrected chi connectivity index (χ1v) is 10.3. The van der Waals surface area contributed by atoms with Crippen LogP contribution in [-0.2, 0) is 13.1 Å². The van der Waals surface area contributed by atoms with E-state index in [1.165, 1.54) is 23.5 Å². The number of para-hydroxylation sites is 1. The molecule has 0 aliphatic rings. The largest absolute Gasteiger partial charge is 0.459 e. The van der Waals surface area contributed by atoms with Gasteiger partial charge in [0.15, 0.2) is 0 Å². The Morgan fingerprint density at radius 2 is 1.97 bits per heavy atom. The third-order valence-corrected chi connectivity index (χ3v) is 5.84. The first kappa shape index (κ1) is 20.2. The molecule has 0 fully saturated rings. The van der Waals surface area contributed by atoms with Crippen molar-refractivity contribution in [3.05, 3.63) is 81.8 Å². The Bertz CT molecular complexity index is 1120. The maximum Gasteiger partial charge on any atom is 0.282 e. The smallest absolute Gasteiger partial charge is 0.282 e. The number of nitrogens with one attached hydrogen (secondary N) is 1. The molecule has 0 radical (unpaired) electrons. The van der Waals surface area contributed by atoms with Crippen LogP contribution in [0.25, 0.3) is 11.0 Å². The predicted molar refractivity (Wildman–Crippen MR) is 114 cm³/mol. The molecule has 4 rings (SSSR count). The third kappa shape index (κ3) is 4.55. The van der Waals surface area contributed by atoms with E-state index in [9.17, 15) is 9.18 Å². The van der Waals surface area contributed by atoms with E-state index in [1.54, 1.807) is 12.1 Å². The van der Waals surface area contributed by atoms with Crippen molar-refractivity contribution < 1.29 is 13.6 Å². The van der Waals surface area contributed by atoms with Crippen LogP contribution in [0.5, 0.6) is 0 Å². The van der Waals surface area contributed by atoms with Crippen LogP contribution < -0.4 is 5.32 Å². The summed E-state index contributed by atoms with van der Waals surface area (Å²) in [6.45, 7) is 2.91. The SMILES string of the molecule is C[C@@H](c1cc2ccccc2o1)N(C)Cc1nnc(C(=O)NCc2ccc(F)cc2)s1. The number of rotatable bonds is 7. The minimum absolute atomic E-state index is 0.0389. The Balaban J connectivity index is 1.35. The monoisotopic (exact) mass is 424 g/mol. The molecule has 4 aromatic rings. The summed E-state index contributed by atoms with van der Waals surface area (Å²) in [5.74, 6) is 0.274. The molecular formula is C22H21FN4O2S. The lowest BCUT2D eigenvalue weighted by molar-refractivity contribution is 0.0950. The van der Waals surface area contributed by atoms with E-state index in [2.05, 4.69) is 27.3 Å². The fraction of sp³-hybridized carbons (Fsp3) is 0.227. The standard InChI is InChI=1S/C22H21FN4O2S/c1-14(19-11-16-5-3-4-6-18(16)29-19)27(2)13-20-25-26-22(30-20)21(28)24-12-15-7-9-17(23)10-8-15/h3-11,14H,12-13H2,1-2H3,(H,24,28)/t14-/m0/s1. The summed E-state index contributed by atoms with van der Waals surface area (Å²) < 4.78 is 18.9. The van der Waals surface area contributed by atoms with Crippen molar-refractivity contribution in [2.75, 3.05) is 7.05 Å². The molecule has 1 amide bonds. The van der Waals surface area contributed by atoms with Gasteiger partial charge in [0.05, 0.1) is 12.6 Å². The fourth-order valence-corrected chi connectivity index (χ4v) is 3.86. The van der Waals surface area contributed by atoms with Crippen molar-refractivity contribution in [3.63, 3.8) is 0 Å². The Morgan fingerprint density at radius 3 is 2.73 bits per heavy atom. The van der Waals surface area contributed by atoms with Gasteiger partial charge >= 0.3 is 0 Å². The van der Waals surface area contributed by atoms with E-state index in [0.29, 0.717) is 18.1 Å². The molecule has 0 saturated carbocycles. The molecular weight excluding hydrogens is 403 g/mol. The summed E-state index contributed by atoms with van der Waals surface area (Å²) in [7, 11) is 1.98. The van der Waals surface area contributed by atoms with E-state index < -0.39 is 0 Å². The summed E-state index contributed by atoms with van der Waals surface area (Å²) in [5.41, 5.74) is 1.68. The van der Waals surface area contributed by atoms with Crippen LogP contribution >= 0.6 is 11.3 Å². The third-order valence-electron chi connectivity index (χ3n) is 4.93. The molecule has 2 aromatic heterocycles. The van der Waals surface area contributed by atoms with E-state index >= 15 is 0 Å². The first-order valence-electron chi connectivity index (χ1n) is 9.53. The number of fused-ring (bicyclic) bond motifs is 1. The Hall–Kier alpha value is -3.10. The minimum atomic E-state index is -0.306. The van der Waals surface area contributed by atoms with E-state index in [-0.39, 0.29) is 17.8 Å². The predicted octanol–water partition coefficient (Wildman–Crippen LogP) is 4.55. The number of nitrogens with zero attached hydrogens (tertiary/aromatic N) is 3. The van der Waals surface area contributed by atoms with Gasteiger partial charge < -0.3 is 9.73 Å². The second kappa shape index (κ2) is 8.73. The molecule has 0 saturated heterocycles. The number of carbonyl (C=O) groups is 1. The van der Waals surface area contributed by atoms with Gasteiger partial charge in [-0.25, -0.2) is 4.39 Å². The van der Waals surface area contributed by atoms with Crippen LogP contribution in [0.4, 0.5) is 4.39 Å². The number of aromatic nitrogens is 2. The average Bonchev–Trinajstić information content (AvgIpc) is 3.39. The second-order valence-electron chi connectivity index (χ2n) is 7.09. The molecule has 0 unspecified atom stereocenters. The van der Waals surface area contributed by atoms with Crippen molar-refractivity contribution in [3.8, 4) is 0 Å². The lowest BCUT2D eigenvalue weighted by Crippen LogP contribution is -2.22. The topological polar surface area (TPSA) is 71.3 Å². The zero-order valence-corrected chi connectivity index (χ0v) is 17.4. The highest BCUT2D eigenvalue weighted by atomic mass is 32.1. The lowest BCUT2D eigenvalue weighted by atomic mass is 10.2. The maximum atomic E-state index is 13.0. The highest BCUT2D eigenvalue weighted by Gasteiger charge is 2.19. The minimum Gasteiger partial charge on any atom is -0.459 e. The van der Waals surface area contributed by atoms with Gasteiger partial charge in [0.25, 0.3) is 5.91 Å². The van der Waals surface area contributed by atoms with Crippen molar-refractivity contribution in [1.82, 2.24) is 20.4 Å². The average molecular weight is 425 g/mol. The molecule has 30 heavy (non-hydrogen) atoms. The second-order valence-corrected chi connectivity index (χ2v) is 8.15. The Labute approximate surface area is 177 Å². The summed E-state index contributed by atoms with van der Waals surface area (Å²) in [5, 5.41) is 13.1. The number of amides is 1. The molecule has 1 atom stereocenters. The zero-order chi connectivity index (χ0) is 21.1. The summed E-state index contributed by atoms with van der Waals surface area (Å²) in [6, 6.07) is 16.0. The maximum absolute atomic E-state index is 13.0. The molecule has 2 aromatic carbocycles. The van der Waals surface area contributed by atoms with Crippen molar-refractivity contribution in [1.29, 1.82) is 0 Å². The fourth-order valence-electron chi connectivity index (χ4n) is 3.05. The molecule has 0 bridgehead atoms. The number of halogens is 1. The number of hydrogen-bond donors (Lipinski definition) is 1. The first-order chi connectivity index (χ1) is 14.5. The molecule has 1 N–H and O–H groups in total. The molecule has 0 spiro atoms. The number of carbonyl (C=O) groups excluding carboxylic acids is 1. The zero-order valence-electron chi connectivity index (χ0n) is 16.6. The number of benzene rings is 2. The van der Waals surface area contributed by atoms with E-state index in [4.69, 9.17) is 4.42 Å². The molecule has 0 aliphatic heterocycles. The van der Waals surface area contributed by atoms with Crippen molar-refractivity contribution in [2.45, 2.75) is 26.1 Å². The van der Waals surface area contributed by atoms with Crippen LogP contribution in [0.3, 0.4) is 0 Å². The van der Waals surface area contributed by atoms with Gasteiger partial charge in [-0.05, 0) is 43.8 Å². The van der Waals surface area contributed by atoms with Gasteiger partial charge in [0.2, 0.25) is 5.01 Å². The summed E-state index contributed by atoms with van der Waals surface area (Å²) in [4.78, 5) is 14.4. The number of furan rings is 1. The number of hydrogen-bond acceptors (Lipinski definition) is 6. The molecule has 154 valence electrons. The van der Waals surface area contributed by atoms with Crippen LogP contribution in [0.2, 0.25) is 0 Å². The highest BCUT2D eigenvalue weighted by Crippen LogP contribution is 2.27. The normalized spacial score (nSPS) is 12.4. The van der Waals surface area contributed by atoms with Crippen molar-refractivity contribution in [2.24, 2.45) is 0 Å². The molecule has 6 nitrogen and oxygen atoms in total. The molecule has 0 aliphatic carbocycles. The molecule has 2 heterocycles. The Kier molecular flexibility index (Phi) is 5.87. The van der Waals surface area contributed by atoms with E-state index in [0.717, 1.165) is 27.3 Å². The van der Waals surface area contributed by atoms with Gasteiger partial charge in [-0.1, -0.05) is 41.7 Å². The van der Waals surface area contributed by atoms with Gasteiger partial charge in [-0.15, -0.1) is 10.2 Å². The van der Waals surface area contributed by atoms with Gasteiger partial charge in [0, 0.05) is 11.9 Å². The van der Waals surface area contributed by atoms with Crippen molar-refractivity contribution >= 4 is 28.2 Å². The van der Waals surface area contributed by atoms with Gasteiger partial charge in [-0.3, -0.25) is 9.69 Å². The van der Waals surface area contributed by atoms with Gasteiger partial charge in [-0.2, -0.15) is 0 Å². The Morgan fingerprint density at radius 1 is 1.20 bits per heavy atom. The van der Waals surface area contributed by atoms with Gasteiger partial charge in [0.1, 0.15) is 22.2 Å². The van der Waals surface area contributed by atoms with Crippen LogP contribution in [-0.4, -0.2) is 28.1 Å².